The Bertz CT molecular complexity index is 851. The molecule has 120 valence electrons. The molecule has 24 heavy (non-hydrogen) atoms. The summed E-state index contributed by atoms with van der Waals surface area (Å²) in [6.45, 7) is 5.93. The number of nitrogens with zero attached hydrogens (tertiary/aromatic N) is 1. The van der Waals surface area contributed by atoms with Gasteiger partial charge >= 0.3 is 0 Å². The Morgan fingerprint density at radius 3 is 2.46 bits per heavy atom. The van der Waals surface area contributed by atoms with E-state index in [-0.39, 0.29) is 5.91 Å². The molecule has 3 aromatic rings. The van der Waals surface area contributed by atoms with Gasteiger partial charge in [-0.1, -0.05) is 66.7 Å². The summed E-state index contributed by atoms with van der Waals surface area (Å²) in [5, 5.41) is 6.94. The van der Waals surface area contributed by atoms with E-state index in [2.05, 4.69) is 27.6 Å². The van der Waals surface area contributed by atoms with E-state index in [1.807, 2.05) is 61.5 Å². The van der Waals surface area contributed by atoms with Crippen LogP contribution in [0.4, 0.5) is 0 Å². The molecule has 0 aliphatic carbocycles. The Hall–Kier alpha value is -3.34. The van der Waals surface area contributed by atoms with Crippen LogP contribution >= 0.6 is 0 Å². The summed E-state index contributed by atoms with van der Waals surface area (Å²) in [7, 11) is 0. The van der Waals surface area contributed by atoms with Crippen molar-refractivity contribution in [1.29, 1.82) is 0 Å². The second-order valence-electron chi connectivity index (χ2n) is 5.46. The Morgan fingerprint density at radius 2 is 1.75 bits per heavy atom. The smallest absolute Gasteiger partial charge is 0.287 e. The van der Waals surface area contributed by atoms with Crippen LogP contribution in [0.15, 0.2) is 67.2 Å². The van der Waals surface area contributed by atoms with Crippen molar-refractivity contribution < 1.29 is 4.79 Å². The van der Waals surface area contributed by atoms with Gasteiger partial charge in [0.2, 0.25) is 0 Å². The maximum atomic E-state index is 12.2. The van der Waals surface area contributed by atoms with Gasteiger partial charge in [0.15, 0.2) is 0 Å². The zero-order chi connectivity index (χ0) is 16.9. The van der Waals surface area contributed by atoms with Crippen LogP contribution in [-0.2, 0) is 0 Å². The second kappa shape index (κ2) is 6.83. The number of rotatable bonds is 5. The summed E-state index contributed by atoms with van der Waals surface area (Å²) >= 11 is 0. The summed E-state index contributed by atoms with van der Waals surface area (Å²) in [5.41, 5.74) is 10.2. The fraction of sp³-hybridized carbons (Fsp3) is 0.0526. The van der Waals surface area contributed by atoms with Gasteiger partial charge < -0.3 is 0 Å². The molecule has 3 rings (SSSR count). The molecule has 0 aliphatic heterocycles. The summed E-state index contributed by atoms with van der Waals surface area (Å²) in [6, 6.07) is 19.2. The lowest BCUT2D eigenvalue weighted by Crippen LogP contribution is -2.36. The fourth-order valence-corrected chi connectivity index (χ4v) is 2.22. The van der Waals surface area contributed by atoms with Crippen molar-refractivity contribution in [2.24, 2.45) is 0 Å². The minimum atomic E-state index is -0.307. The monoisotopic (exact) mass is 318 g/mol. The highest BCUT2D eigenvalue weighted by Gasteiger charge is 2.11. The van der Waals surface area contributed by atoms with Gasteiger partial charge in [-0.05, 0) is 18.6 Å². The van der Waals surface area contributed by atoms with E-state index in [4.69, 9.17) is 0 Å². The van der Waals surface area contributed by atoms with Gasteiger partial charge in [-0.15, -0.1) is 0 Å². The normalized spacial score (nSPS) is 10.2. The zero-order valence-electron chi connectivity index (χ0n) is 13.3. The zero-order valence-corrected chi connectivity index (χ0v) is 13.3. The SMILES string of the molecule is C=C(NNC(=O)c1cc(-c2ccc(C)cc2)n[nH]1)c1ccccc1. The van der Waals surface area contributed by atoms with Crippen molar-refractivity contribution >= 4 is 11.6 Å². The van der Waals surface area contributed by atoms with Crippen molar-refractivity contribution in [3.63, 3.8) is 0 Å². The number of hydrogen-bond donors (Lipinski definition) is 3. The molecule has 2 aromatic carbocycles. The van der Waals surface area contributed by atoms with E-state index in [9.17, 15) is 4.79 Å². The number of H-pyrrole nitrogens is 1. The van der Waals surface area contributed by atoms with Crippen LogP contribution < -0.4 is 10.9 Å². The number of aromatic amines is 1. The number of hydrogen-bond acceptors (Lipinski definition) is 3. The molecule has 0 radical (unpaired) electrons. The molecule has 1 heterocycles. The van der Waals surface area contributed by atoms with Crippen LogP contribution in [0.25, 0.3) is 17.0 Å². The molecule has 1 aromatic heterocycles. The molecule has 0 saturated carbocycles. The van der Waals surface area contributed by atoms with Crippen LogP contribution in [0.3, 0.4) is 0 Å². The molecule has 5 heteroatoms. The molecule has 5 nitrogen and oxygen atoms in total. The third-order valence-electron chi connectivity index (χ3n) is 3.62. The highest BCUT2D eigenvalue weighted by atomic mass is 16.2. The van der Waals surface area contributed by atoms with Crippen molar-refractivity contribution in [1.82, 2.24) is 21.0 Å². The van der Waals surface area contributed by atoms with E-state index in [0.717, 1.165) is 16.8 Å². The molecule has 0 saturated heterocycles. The minimum Gasteiger partial charge on any atom is -0.298 e. The Kier molecular flexibility index (Phi) is 4.43. The van der Waals surface area contributed by atoms with Crippen molar-refractivity contribution in [3.05, 3.63) is 84.1 Å². The topological polar surface area (TPSA) is 69.8 Å². The van der Waals surface area contributed by atoms with Crippen molar-refractivity contribution in [2.45, 2.75) is 6.92 Å². The number of benzene rings is 2. The van der Waals surface area contributed by atoms with Gasteiger partial charge in [0.25, 0.3) is 5.91 Å². The van der Waals surface area contributed by atoms with Gasteiger partial charge in [0.05, 0.1) is 11.4 Å². The number of nitrogens with one attached hydrogen (secondary N) is 3. The van der Waals surface area contributed by atoms with E-state index in [0.29, 0.717) is 11.4 Å². The van der Waals surface area contributed by atoms with Crippen LogP contribution in [0.2, 0.25) is 0 Å². The number of amides is 1. The Morgan fingerprint density at radius 1 is 1.04 bits per heavy atom. The first-order chi connectivity index (χ1) is 11.6. The summed E-state index contributed by atoms with van der Waals surface area (Å²) in [5.74, 6) is -0.307. The summed E-state index contributed by atoms with van der Waals surface area (Å²) in [4.78, 5) is 12.2. The quantitative estimate of drug-likeness (QED) is 0.632. The highest BCUT2D eigenvalue weighted by Crippen LogP contribution is 2.18. The molecule has 0 unspecified atom stereocenters. The van der Waals surface area contributed by atoms with Gasteiger partial charge in [0.1, 0.15) is 5.69 Å². The standard InChI is InChI=1S/C19H18N4O/c1-13-8-10-16(11-9-13)17-12-18(22-21-17)19(24)23-20-14(2)15-6-4-3-5-7-15/h3-12,20H,2H2,1H3,(H,21,22)(H,23,24). The molecule has 0 bridgehead atoms. The van der Waals surface area contributed by atoms with Crippen molar-refractivity contribution in [3.8, 4) is 11.3 Å². The fourth-order valence-electron chi connectivity index (χ4n) is 2.22. The van der Waals surface area contributed by atoms with Crippen LogP contribution in [0.1, 0.15) is 21.6 Å². The van der Waals surface area contributed by atoms with E-state index < -0.39 is 0 Å². The molecular weight excluding hydrogens is 300 g/mol. The Balaban J connectivity index is 1.64. The largest absolute Gasteiger partial charge is 0.298 e. The number of aromatic nitrogens is 2. The molecule has 0 fully saturated rings. The van der Waals surface area contributed by atoms with E-state index in [1.165, 1.54) is 5.56 Å². The first kappa shape index (κ1) is 15.6. The highest BCUT2D eigenvalue weighted by molar-refractivity contribution is 5.93. The molecular formula is C19H18N4O. The van der Waals surface area contributed by atoms with Gasteiger partial charge in [0, 0.05) is 5.56 Å². The first-order valence-electron chi connectivity index (χ1n) is 7.56. The molecule has 0 aliphatic rings. The number of carbonyl (C=O) groups is 1. The third kappa shape index (κ3) is 3.52. The number of hydrazine groups is 1. The van der Waals surface area contributed by atoms with Gasteiger partial charge in [-0.25, -0.2) is 0 Å². The number of aryl methyl sites for hydroxylation is 1. The summed E-state index contributed by atoms with van der Waals surface area (Å²) in [6.07, 6.45) is 0. The average Bonchev–Trinajstić information content (AvgIpc) is 3.11. The predicted octanol–water partition coefficient (Wildman–Crippen LogP) is 3.29. The van der Waals surface area contributed by atoms with E-state index >= 15 is 0 Å². The third-order valence-corrected chi connectivity index (χ3v) is 3.62. The first-order valence-corrected chi connectivity index (χ1v) is 7.56. The second-order valence-corrected chi connectivity index (χ2v) is 5.46. The maximum absolute atomic E-state index is 12.2. The average molecular weight is 318 g/mol. The van der Waals surface area contributed by atoms with Gasteiger partial charge in [-0.2, -0.15) is 5.10 Å². The lowest BCUT2D eigenvalue weighted by atomic mass is 10.1. The van der Waals surface area contributed by atoms with E-state index in [1.54, 1.807) is 6.07 Å². The minimum absolute atomic E-state index is 0.307. The van der Waals surface area contributed by atoms with Crippen LogP contribution in [-0.4, -0.2) is 16.1 Å². The molecule has 3 N–H and O–H groups in total. The summed E-state index contributed by atoms with van der Waals surface area (Å²) < 4.78 is 0. The van der Waals surface area contributed by atoms with Gasteiger partial charge in [-0.3, -0.25) is 20.7 Å². The maximum Gasteiger partial charge on any atom is 0.287 e. The lowest BCUT2D eigenvalue weighted by molar-refractivity contribution is 0.0937. The lowest BCUT2D eigenvalue weighted by Gasteiger charge is -2.10. The molecule has 0 spiro atoms. The Labute approximate surface area is 140 Å². The van der Waals surface area contributed by atoms with Crippen LogP contribution in [0.5, 0.6) is 0 Å². The molecule has 0 atom stereocenters. The van der Waals surface area contributed by atoms with Crippen LogP contribution in [0, 0.1) is 6.92 Å². The number of carbonyl (C=O) groups excluding carboxylic acids is 1. The van der Waals surface area contributed by atoms with Crippen molar-refractivity contribution in [2.75, 3.05) is 0 Å². The predicted molar refractivity (Wildman–Crippen MR) is 94.8 cm³/mol. The molecule has 1 amide bonds.